The van der Waals surface area contributed by atoms with Crippen LogP contribution in [0.2, 0.25) is 0 Å². The molecular weight excluding hydrogens is 334 g/mol. The Hall–Kier alpha value is -2.90. The molecule has 1 atom stereocenters. The molecule has 0 unspecified atom stereocenters. The SMILES string of the molecule is COC(=O)NCC(=O)N1CCC[C@H](c2nccn2Cc2ccncc2)C1. The summed E-state index contributed by atoms with van der Waals surface area (Å²) in [6.45, 7) is 1.98. The van der Waals surface area contributed by atoms with Gasteiger partial charge in [-0.05, 0) is 30.5 Å². The zero-order valence-electron chi connectivity index (χ0n) is 14.8. The van der Waals surface area contributed by atoms with Gasteiger partial charge in [-0.15, -0.1) is 0 Å². The Morgan fingerprint density at radius 1 is 1.31 bits per heavy atom. The molecule has 2 aromatic rings. The molecule has 0 bridgehead atoms. The van der Waals surface area contributed by atoms with Crippen LogP contribution in [0.25, 0.3) is 0 Å². The Labute approximate surface area is 152 Å². The van der Waals surface area contributed by atoms with Crippen molar-refractivity contribution in [1.29, 1.82) is 0 Å². The van der Waals surface area contributed by atoms with Crippen molar-refractivity contribution in [1.82, 2.24) is 24.8 Å². The van der Waals surface area contributed by atoms with Gasteiger partial charge in [0.05, 0.1) is 7.11 Å². The number of nitrogens with zero attached hydrogens (tertiary/aromatic N) is 4. The Kier molecular flexibility index (Phi) is 5.83. The van der Waals surface area contributed by atoms with Crippen LogP contribution in [0.1, 0.15) is 30.1 Å². The number of hydrogen-bond donors (Lipinski definition) is 1. The first-order valence-electron chi connectivity index (χ1n) is 8.67. The molecule has 8 nitrogen and oxygen atoms in total. The molecule has 1 N–H and O–H groups in total. The lowest BCUT2D eigenvalue weighted by atomic mass is 9.97. The Morgan fingerprint density at radius 2 is 2.12 bits per heavy atom. The Morgan fingerprint density at radius 3 is 2.88 bits per heavy atom. The molecule has 0 aliphatic carbocycles. The van der Waals surface area contributed by atoms with Crippen molar-refractivity contribution >= 4 is 12.0 Å². The van der Waals surface area contributed by atoms with Gasteiger partial charge in [-0.3, -0.25) is 9.78 Å². The highest BCUT2D eigenvalue weighted by molar-refractivity contribution is 5.82. The average Bonchev–Trinajstić information content (AvgIpc) is 3.14. The monoisotopic (exact) mass is 357 g/mol. The van der Waals surface area contributed by atoms with Gasteiger partial charge in [0.15, 0.2) is 0 Å². The van der Waals surface area contributed by atoms with Crippen LogP contribution >= 0.6 is 0 Å². The lowest BCUT2D eigenvalue weighted by molar-refractivity contribution is -0.131. The van der Waals surface area contributed by atoms with Gasteiger partial charge >= 0.3 is 6.09 Å². The molecule has 26 heavy (non-hydrogen) atoms. The number of likely N-dealkylation sites (tertiary alicyclic amines) is 1. The minimum atomic E-state index is -0.597. The van der Waals surface area contributed by atoms with Crippen molar-refractivity contribution < 1.29 is 14.3 Å². The first kappa shape index (κ1) is 17.9. The maximum absolute atomic E-state index is 12.3. The zero-order valence-corrected chi connectivity index (χ0v) is 14.8. The largest absolute Gasteiger partial charge is 0.453 e. The highest BCUT2D eigenvalue weighted by Gasteiger charge is 2.27. The van der Waals surface area contributed by atoms with E-state index in [2.05, 4.69) is 24.6 Å². The van der Waals surface area contributed by atoms with Crippen LogP contribution in [0.5, 0.6) is 0 Å². The number of alkyl carbamates (subject to hydrolysis) is 1. The summed E-state index contributed by atoms with van der Waals surface area (Å²) in [4.78, 5) is 33.8. The number of hydrogen-bond acceptors (Lipinski definition) is 5. The molecule has 1 aliphatic heterocycles. The first-order valence-corrected chi connectivity index (χ1v) is 8.67. The van der Waals surface area contributed by atoms with E-state index in [0.29, 0.717) is 13.1 Å². The van der Waals surface area contributed by atoms with Crippen LogP contribution in [0.3, 0.4) is 0 Å². The lowest BCUT2D eigenvalue weighted by Crippen LogP contribution is -2.44. The van der Waals surface area contributed by atoms with E-state index in [1.807, 2.05) is 18.3 Å². The zero-order chi connectivity index (χ0) is 18.4. The number of ether oxygens (including phenoxy) is 1. The topological polar surface area (TPSA) is 89.4 Å². The number of carbonyl (C=O) groups excluding carboxylic acids is 2. The van der Waals surface area contributed by atoms with E-state index in [0.717, 1.165) is 30.8 Å². The third kappa shape index (κ3) is 4.38. The van der Waals surface area contributed by atoms with Crippen LogP contribution in [-0.4, -0.2) is 58.2 Å². The summed E-state index contributed by atoms with van der Waals surface area (Å²) in [5.74, 6) is 1.07. The quantitative estimate of drug-likeness (QED) is 0.873. The van der Waals surface area contributed by atoms with E-state index in [1.54, 1.807) is 23.5 Å². The van der Waals surface area contributed by atoms with E-state index >= 15 is 0 Å². The number of imidazole rings is 1. The van der Waals surface area contributed by atoms with E-state index in [9.17, 15) is 9.59 Å². The second-order valence-electron chi connectivity index (χ2n) is 6.29. The minimum Gasteiger partial charge on any atom is -0.453 e. The van der Waals surface area contributed by atoms with Crippen molar-refractivity contribution in [2.45, 2.75) is 25.3 Å². The summed E-state index contributed by atoms with van der Waals surface area (Å²) in [5.41, 5.74) is 1.16. The predicted octanol–water partition coefficient (Wildman–Crippen LogP) is 1.39. The number of methoxy groups -OCH3 is 1. The van der Waals surface area contributed by atoms with Gasteiger partial charge in [0.1, 0.15) is 12.4 Å². The summed E-state index contributed by atoms with van der Waals surface area (Å²) in [6, 6.07) is 3.97. The number of amides is 2. The number of piperidine rings is 1. The maximum atomic E-state index is 12.3. The van der Waals surface area contributed by atoms with E-state index in [1.165, 1.54) is 7.11 Å². The summed E-state index contributed by atoms with van der Waals surface area (Å²) in [5, 5.41) is 2.44. The average molecular weight is 357 g/mol. The van der Waals surface area contributed by atoms with Gasteiger partial charge in [-0.2, -0.15) is 0 Å². The smallest absolute Gasteiger partial charge is 0.407 e. The maximum Gasteiger partial charge on any atom is 0.407 e. The molecule has 3 heterocycles. The molecule has 2 amide bonds. The van der Waals surface area contributed by atoms with Crippen molar-refractivity contribution in [2.75, 3.05) is 26.7 Å². The first-order chi connectivity index (χ1) is 12.7. The van der Waals surface area contributed by atoms with Crippen molar-refractivity contribution in [2.24, 2.45) is 0 Å². The molecule has 0 aromatic carbocycles. The van der Waals surface area contributed by atoms with Crippen LogP contribution in [0, 0.1) is 0 Å². The molecule has 2 aromatic heterocycles. The molecule has 8 heteroatoms. The number of aromatic nitrogens is 3. The fraction of sp³-hybridized carbons (Fsp3) is 0.444. The molecule has 138 valence electrons. The van der Waals surface area contributed by atoms with Crippen LogP contribution < -0.4 is 5.32 Å². The van der Waals surface area contributed by atoms with Crippen molar-refractivity contribution in [3.63, 3.8) is 0 Å². The number of rotatable bonds is 5. The third-order valence-corrected chi connectivity index (χ3v) is 4.56. The van der Waals surface area contributed by atoms with E-state index in [4.69, 9.17) is 0 Å². The van der Waals surface area contributed by atoms with E-state index < -0.39 is 6.09 Å². The fourth-order valence-corrected chi connectivity index (χ4v) is 3.25. The number of pyridine rings is 1. The van der Waals surface area contributed by atoms with Gasteiger partial charge in [0.25, 0.3) is 0 Å². The molecule has 3 rings (SSSR count). The van der Waals surface area contributed by atoms with Crippen LogP contribution in [-0.2, 0) is 16.1 Å². The Bertz CT molecular complexity index is 746. The van der Waals surface area contributed by atoms with Gasteiger partial charge < -0.3 is 19.5 Å². The summed E-state index contributed by atoms with van der Waals surface area (Å²) in [6.07, 6.45) is 8.63. The molecular formula is C18H23N5O3. The van der Waals surface area contributed by atoms with Crippen molar-refractivity contribution in [3.8, 4) is 0 Å². The highest BCUT2D eigenvalue weighted by Crippen LogP contribution is 2.26. The molecule has 0 spiro atoms. The number of carbonyl (C=O) groups is 2. The molecule has 0 saturated carbocycles. The summed E-state index contributed by atoms with van der Waals surface area (Å²) >= 11 is 0. The number of nitrogens with one attached hydrogen (secondary N) is 1. The Balaban J connectivity index is 1.64. The van der Waals surface area contributed by atoms with Gasteiger partial charge in [-0.25, -0.2) is 9.78 Å². The second kappa shape index (κ2) is 8.46. The van der Waals surface area contributed by atoms with Crippen LogP contribution in [0.15, 0.2) is 36.9 Å². The minimum absolute atomic E-state index is 0.0507. The molecule has 0 radical (unpaired) electrons. The fourth-order valence-electron chi connectivity index (χ4n) is 3.25. The van der Waals surface area contributed by atoms with Gasteiger partial charge in [0, 0.05) is 50.3 Å². The van der Waals surface area contributed by atoms with Gasteiger partial charge in [-0.1, -0.05) is 0 Å². The molecule has 1 saturated heterocycles. The van der Waals surface area contributed by atoms with Crippen molar-refractivity contribution in [3.05, 3.63) is 48.3 Å². The second-order valence-corrected chi connectivity index (χ2v) is 6.29. The molecule has 1 aliphatic rings. The van der Waals surface area contributed by atoms with Gasteiger partial charge in [0.2, 0.25) is 5.91 Å². The standard InChI is InChI=1S/C18H23N5O3/c1-26-18(25)21-11-16(24)22-9-2-3-15(13-22)17-20-8-10-23(17)12-14-4-6-19-7-5-14/h4-8,10,15H,2-3,9,11-13H2,1H3,(H,21,25)/t15-/m0/s1. The molecule has 1 fully saturated rings. The predicted molar refractivity (Wildman–Crippen MR) is 94.5 cm³/mol. The normalized spacial score (nSPS) is 17.0. The van der Waals surface area contributed by atoms with E-state index in [-0.39, 0.29) is 18.4 Å². The third-order valence-electron chi connectivity index (χ3n) is 4.56. The highest BCUT2D eigenvalue weighted by atomic mass is 16.5. The summed E-state index contributed by atoms with van der Waals surface area (Å²) in [7, 11) is 1.28. The lowest BCUT2D eigenvalue weighted by Gasteiger charge is -2.32. The van der Waals surface area contributed by atoms with Crippen LogP contribution in [0.4, 0.5) is 4.79 Å². The summed E-state index contributed by atoms with van der Waals surface area (Å²) < 4.78 is 6.63.